The number of carbonyl (C=O) groups excluding carboxylic acids is 1. The van der Waals surface area contributed by atoms with Crippen molar-refractivity contribution in [3.63, 3.8) is 0 Å². The fraction of sp³-hybridized carbons (Fsp3) is 0.474. The molecule has 0 aliphatic carbocycles. The van der Waals surface area contributed by atoms with Gasteiger partial charge in [0.2, 0.25) is 5.91 Å². The Morgan fingerprint density at radius 2 is 2.29 bits per heavy atom. The molecule has 1 atom stereocenters. The van der Waals surface area contributed by atoms with Crippen molar-refractivity contribution in [2.45, 2.75) is 44.7 Å². The number of hydrogen-bond acceptors (Lipinski definition) is 3. The molecule has 1 amide bonds. The average molecular weight is 325 g/mol. The number of aromatic nitrogens is 2. The van der Waals surface area contributed by atoms with E-state index in [1.807, 2.05) is 29.1 Å². The zero-order chi connectivity index (χ0) is 16.4. The van der Waals surface area contributed by atoms with Gasteiger partial charge in [-0.2, -0.15) is 5.10 Å². The van der Waals surface area contributed by atoms with Crippen molar-refractivity contribution >= 4 is 5.91 Å². The zero-order valence-electron chi connectivity index (χ0n) is 13.9. The molecule has 126 valence electrons. The molecular formula is C19H23N3O2. The van der Waals surface area contributed by atoms with E-state index in [-0.39, 0.29) is 11.9 Å². The molecule has 4 rings (SSSR count). The van der Waals surface area contributed by atoms with Gasteiger partial charge in [0.15, 0.2) is 0 Å². The molecule has 3 heterocycles. The largest absolute Gasteiger partial charge is 0.493 e. The van der Waals surface area contributed by atoms with Crippen LogP contribution in [0.15, 0.2) is 36.7 Å². The number of piperidine rings is 1. The third-order valence-corrected chi connectivity index (χ3v) is 5.01. The van der Waals surface area contributed by atoms with Gasteiger partial charge in [-0.25, -0.2) is 0 Å². The van der Waals surface area contributed by atoms with Crippen LogP contribution >= 0.6 is 0 Å². The van der Waals surface area contributed by atoms with Gasteiger partial charge in [0.25, 0.3) is 0 Å². The molecule has 0 unspecified atom stereocenters. The molecule has 5 heteroatoms. The van der Waals surface area contributed by atoms with Crippen molar-refractivity contribution < 1.29 is 9.53 Å². The Hall–Kier alpha value is -2.30. The second-order valence-corrected chi connectivity index (χ2v) is 6.68. The lowest BCUT2D eigenvalue weighted by molar-refractivity contribution is -0.134. The van der Waals surface area contributed by atoms with Crippen molar-refractivity contribution in [3.8, 4) is 5.75 Å². The summed E-state index contributed by atoms with van der Waals surface area (Å²) >= 11 is 0. The highest BCUT2D eigenvalue weighted by atomic mass is 16.5. The highest BCUT2D eigenvalue weighted by Crippen LogP contribution is 2.27. The SMILES string of the molecule is O=C(Cc1ccc2c(c1)CCO2)N1CCCC[C@H]1Cn1cccn1. The molecule has 0 spiro atoms. The van der Waals surface area contributed by atoms with Crippen molar-refractivity contribution in [1.29, 1.82) is 0 Å². The average Bonchev–Trinajstić information content (AvgIpc) is 3.26. The standard InChI is InChI=1S/C19H23N3O2/c23-19(13-15-5-6-18-16(12-15)7-11-24-18)22-10-2-1-4-17(22)14-21-9-3-8-20-21/h3,5-6,8-9,12,17H,1-2,4,7,10-11,13-14H2/t17-/m0/s1. The van der Waals surface area contributed by atoms with Gasteiger partial charge in [0, 0.05) is 25.4 Å². The predicted molar refractivity (Wildman–Crippen MR) is 90.9 cm³/mol. The second-order valence-electron chi connectivity index (χ2n) is 6.68. The maximum Gasteiger partial charge on any atom is 0.227 e. The molecule has 24 heavy (non-hydrogen) atoms. The summed E-state index contributed by atoms with van der Waals surface area (Å²) < 4.78 is 7.48. The highest BCUT2D eigenvalue weighted by molar-refractivity contribution is 5.79. The Morgan fingerprint density at radius 3 is 3.17 bits per heavy atom. The number of likely N-dealkylation sites (tertiary alicyclic amines) is 1. The van der Waals surface area contributed by atoms with Crippen LogP contribution in [0.1, 0.15) is 30.4 Å². The lowest BCUT2D eigenvalue weighted by atomic mass is 10.00. The zero-order valence-corrected chi connectivity index (χ0v) is 13.9. The number of rotatable bonds is 4. The fourth-order valence-corrected chi connectivity index (χ4v) is 3.77. The van der Waals surface area contributed by atoms with E-state index in [2.05, 4.69) is 16.1 Å². The molecule has 2 aliphatic rings. The molecule has 1 aromatic carbocycles. The quantitative estimate of drug-likeness (QED) is 0.867. The monoisotopic (exact) mass is 325 g/mol. The highest BCUT2D eigenvalue weighted by Gasteiger charge is 2.27. The third-order valence-electron chi connectivity index (χ3n) is 5.01. The lowest BCUT2D eigenvalue weighted by Gasteiger charge is -2.36. The van der Waals surface area contributed by atoms with Gasteiger partial charge in [0.1, 0.15) is 5.75 Å². The second kappa shape index (κ2) is 6.67. The summed E-state index contributed by atoms with van der Waals surface area (Å²) in [6, 6.07) is 8.34. The van der Waals surface area contributed by atoms with Gasteiger partial charge in [-0.3, -0.25) is 9.48 Å². The third kappa shape index (κ3) is 3.16. The van der Waals surface area contributed by atoms with Crippen LogP contribution in [0.4, 0.5) is 0 Å². The van der Waals surface area contributed by atoms with Gasteiger partial charge >= 0.3 is 0 Å². The first-order chi connectivity index (χ1) is 11.8. The Morgan fingerprint density at radius 1 is 1.33 bits per heavy atom. The van der Waals surface area contributed by atoms with Crippen molar-refractivity contribution in [1.82, 2.24) is 14.7 Å². The van der Waals surface area contributed by atoms with E-state index in [1.165, 1.54) is 12.0 Å². The van der Waals surface area contributed by atoms with Crippen LogP contribution in [0.5, 0.6) is 5.75 Å². The minimum atomic E-state index is 0.228. The molecule has 1 saturated heterocycles. The molecule has 2 aliphatic heterocycles. The molecule has 0 saturated carbocycles. The molecule has 1 aromatic heterocycles. The summed E-state index contributed by atoms with van der Waals surface area (Å²) in [6.45, 7) is 2.40. The Kier molecular flexibility index (Phi) is 4.24. The lowest BCUT2D eigenvalue weighted by Crippen LogP contribution is -2.46. The summed E-state index contributed by atoms with van der Waals surface area (Å²) in [6.07, 6.45) is 8.53. The molecule has 5 nitrogen and oxygen atoms in total. The summed E-state index contributed by atoms with van der Waals surface area (Å²) in [5, 5.41) is 4.29. The molecule has 0 N–H and O–H groups in total. The summed E-state index contributed by atoms with van der Waals surface area (Å²) in [7, 11) is 0. The number of amides is 1. The predicted octanol–water partition coefficient (Wildman–Crippen LogP) is 2.44. The van der Waals surface area contributed by atoms with E-state index in [9.17, 15) is 4.79 Å². The van der Waals surface area contributed by atoms with E-state index >= 15 is 0 Å². The van der Waals surface area contributed by atoms with E-state index in [0.29, 0.717) is 6.42 Å². The Bertz CT molecular complexity index is 711. The molecular weight excluding hydrogens is 302 g/mol. The van der Waals surface area contributed by atoms with Gasteiger partial charge in [-0.05, 0) is 42.5 Å². The van der Waals surface area contributed by atoms with Crippen LogP contribution in [-0.4, -0.2) is 39.8 Å². The van der Waals surface area contributed by atoms with Crippen LogP contribution in [-0.2, 0) is 24.2 Å². The van der Waals surface area contributed by atoms with Gasteiger partial charge in [-0.15, -0.1) is 0 Å². The van der Waals surface area contributed by atoms with Gasteiger partial charge < -0.3 is 9.64 Å². The van der Waals surface area contributed by atoms with Crippen LogP contribution in [0.2, 0.25) is 0 Å². The van der Waals surface area contributed by atoms with Crippen LogP contribution in [0.3, 0.4) is 0 Å². The maximum absolute atomic E-state index is 12.9. The Balaban J connectivity index is 1.45. The number of hydrogen-bond donors (Lipinski definition) is 0. The first-order valence-corrected chi connectivity index (χ1v) is 8.81. The summed E-state index contributed by atoms with van der Waals surface area (Å²) in [5.41, 5.74) is 2.32. The molecule has 0 radical (unpaired) electrons. The van der Waals surface area contributed by atoms with Crippen molar-refractivity contribution in [3.05, 3.63) is 47.8 Å². The van der Waals surface area contributed by atoms with E-state index in [4.69, 9.17) is 4.74 Å². The normalized spacial score (nSPS) is 19.8. The topological polar surface area (TPSA) is 47.4 Å². The van der Waals surface area contributed by atoms with Gasteiger partial charge in [-0.1, -0.05) is 12.1 Å². The smallest absolute Gasteiger partial charge is 0.227 e. The van der Waals surface area contributed by atoms with Crippen LogP contribution < -0.4 is 4.74 Å². The first kappa shape index (κ1) is 15.2. The minimum absolute atomic E-state index is 0.228. The minimum Gasteiger partial charge on any atom is -0.493 e. The van der Waals surface area contributed by atoms with Gasteiger partial charge in [0.05, 0.1) is 25.6 Å². The van der Waals surface area contributed by atoms with E-state index < -0.39 is 0 Å². The number of carbonyl (C=O) groups is 1. The van der Waals surface area contributed by atoms with Crippen molar-refractivity contribution in [2.75, 3.05) is 13.2 Å². The van der Waals surface area contributed by atoms with Crippen LogP contribution in [0.25, 0.3) is 0 Å². The first-order valence-electron chi connectivity index (χ1n) is 8.81. The number of fused-ring (bicyclic) bond motifs is 1. The molecule has 1 fully saturated rings. The fourth-order valence-electron chi connectivity index (χ4n) is 3.77. The molecule has 0 bridgehead atoms. The Labute approximate surface area is 142 Å². The number of nitrogens with zero attached hydrogens (tertiary/aromatic N) is 3. The van der Waals surface area contributed by atoms with Crippen LogP contribution in [0, 0.1) is 0 Å². The summed E-state index contributed by atoms with van der Waals surface area (Å²) in [4.78, 5) is 14.9. The maximum atomic E-state index is 12.9. The van der Waals surface area contributed by atoms with E-state index in [0.717, 1.165) is 50.3 Å². The number of benzene rings is 1. The summed E-state index contributed by atoms with van der Waals surface area (Å²) in [5.74, 6) is 1.20. The number of ether oxygens (including phenoxy) is 1. The molecule has 2 aromatic rings. The van der Waals surface area contributed by atoms with E-state index in [1.54, 1.807) is 6.20 Å². The van der Waals surface area contributed by atoms with Crippen molar-refractivity contribution in [2.24, 2.45) is 0 Å².